The average Bonchev–Trinajstić information content (AvgIpc) is 2.76. The van der Waals surface area contributed by atoms with E-state index in [0.29, 0.717) is 11.7 Å². The molecular formula is C26H35NO3. The third kappa shape index (κ3) is 6.79. The molecule has 1 unspecified atom stereocenters. The van der Waals surface area contributed by atoms with Gasteiger partial charge in [-0.2, -0.15) is 0 Å². The summed E-state index contributed by atoms with van der Waals surface area (Å²) in [6.45, 7) is 6.82. The number of benzene rings is 2. The molecular weight excluding hydrogens is 374 g/mol. The summed E-state index contributed by atoms with van der Waals surface area (Å²) in [5.74, 6) is 2.66. The summed E-state index contributed by atoms with van der Waals surface area (Å²) >= 11 is 0. The van der Waals surface area contributed by atoms with Gasteiger partial charge in [-0.15, -0.1) is 0 Å². The van der Waals surface area contributed by atoms with E-state index >= 15 is 0 Å². The van der Waals surface area contributed by atoms with Crippen molar-refractivity contribution in [3.63, 3.8) is 0 Å². The lowest BCUT2D eigenvalue weighted by molar-refractivity contribution is -0.122. The van der Waals surface area contributed by atoms with E-state index in [1.807, 2.05) is 48.5 Å². The molecule has 0 aliphatic heterocycles. The lowest BCUT2D eigenvalue weighted by Crippen LogP contribution is -2.30. The van der Waals surface area contributed by atoms with Gasteiger partial charge in [0.05, 0.1) is 6.61 Å². The zero-order valence-electron chi connectivity index (χ0n) is 18.5. The van der Waals surface area contributed by atoms with Gasteiger partial charge in [0.2, 0.25) is 0 Å². The number of anilines is 1. The molecule has 0 bridgehead atoms. The molecule has 4 nitrogen and oxygen atoms in total. The van der Waals surface area contributed by atoms with Crippen LogP contribution in [0.3, 0.4) is 0 Å². The number of hydrogen-bond donors (Lipinski definition) is 1. The van der Waals surface area contributed by atoms with Crippen LogP contribution in [0.5, 0.6) is 11.5 Å². The van der Waals surface area contributed by atoms with E-state index in [1.165, 1.54) is 37.7 Å². The highest BCUT2D eigenvalue weighted by Gasteiger charge is 2.16. The van der Waals surface area contributed by atoms with Gasteiger partial charge in [0.1, 0.15) is 11.5 Å². The van der Waals surface area contributed by atoms with Crippen molar-refractivity contribution < 1.29 is 14.3 Å². The van der Waals surface area contributed by atoms with Crippen LogP contribution in [-0.2, 0) is 4.79 Å². The first-order valence-corrected chi connectivity index (χ1v) is 11.3. The second-order valence-corrected chi connectivity index (χ2v) is 8.64. The Hall–Kier alpha value is -2.49. The number of amides is 1. The van der Waals surface area contributed by atoms with Crippen molar-refractivity contribution in [2.24, 2.45) is 5.92 Å². The maximum Gasteiger partial charge on any atom is 0.265 e. The Morgan fingerprint density at radius 3 is 2.20 bits per heavy atom. The summed E-state index contributed by atoms with van der Waals surface area (Å²) in [7, 11) is 0. The van der Waals surface area contributed by atoms with Gasteiger partial charge in [-0.05, 0) is 67.1 Å². The normalized spacial score (nSPS) is 15.6. The Bertz CT molecular complexity index is 777. The Kier molecular flexibility index (Phi) is 8.18. The molecule has 1 N–H and O–H groups in total. The summed E-state index contributed by atoms with van der Waals surface area (Å²) < 4.78 is 11.7. The van der Waals surface area contributed by atoms with E-state index in [1.54, 1.807) is 6.92 Å². The first-order valence-electron chi connectivity index (χ1n) is 11.3. The summed E-state index contributed by atoms with van der Waals surface area (Å²) in [6.07, 6.45) is 7.35. The van der Waals surface area contributed by atoms with Gasteiger partial charge in [0.15, 0.2) is 6.10 Å². The standard InChI is InChI=1S/C26H35NO3/c1-19(2)22-9-13-25(14-10-22)30-20(3)26(28)27-23-11-15-24(16-12-23)29-18-17-21-7-5-4-6-8-21/h9-16,19-21H,4-8,17-18H2,1-3H3,(H,27,28). The van der Waals surface area contributed by atoms with Gasteiger partial charge >= 0.3 is 0 Å². The molecule has 4 heteroatoms. The maximum atomic E-state index is 12.5. The highest BCUT2D eigenvalue weighted by Crippen LogP contribution is 2.26. The quantitative estimate of drug-likeness (QED) is 0.510. The maximum absolute atomic E-state index is 12.5. The molecule has 1 aliphatic rings. The first kappa shape index (κ1) is 22.2. The van der Waals surface area contributed by atoms with Crippen molar-refractivity contribution >= 4 is 11.6 Å². The second-order valence-electron chi connectivity index (χ2n) is 8.64. The van der Waals surface area contributed by atoms with Crippen molar-refractivity contribution in [3.05, 3.63) is 54.1 Å². The molecule has 1 saturated carbocycles. The molecule has 1 amide bonds. The van der Waals surface area contributed by atoms with Crippen LogP contribution in [0.1, 0.15) is 70.8 Å². The second kappa shape index (κ2) is 11.1. The van der Waals surface area contributed by atoms with Crippen LogP contribution >= 0.6 is 0 Å². The van der Waals surface area contributed by atoms with Crippen LogP contribution < -0.4 is 14.8 Å². The highest BCUT2D eigenvalue weighted by molar-refractivity contribution is 5.94. The topological polar surface area (TPSA) is 47.6 Å². The predicted molar refractivity (Wildman–Crippen MR) is 122 cm³/mol. The van der Waals surface area contributed by atoms with Gasteiger partial charge in [0.25, 0.3) is 5.91 Å². The van der Waals surface area contributed by atoms with Gasteiger partial charge in [-0.1, -0.05) is 58.1 Å². The number of carbonyl (C=O) groups excluding carboxylic acids is 1. The molecule has 0 spiro atoms. The Balaban J connectivity index is 1.42. The third-order valence-electron chi connectivity index (χ3n) is 5.87. The van der Waals surface area contributed by atoms with Crippen LogP contribution in [0, 0.1) is 5.92 Å². The number of ether oxygens (including phenoxy) is 2. The lowest BCUT2D eigenvalue weighted by Gasteiger charge is -2.21. The van der Waals surface area contributed by atoms with E-state index < -0.39 is 6.10 Å². The molecule has 1 aliphatic carbocycles. The lowest BCUT2D eigenvalue weighted by atomic mass is 9.87. The van der Waals surface area contributed by atoms with Crippen molar-refractivity contribution in [1.82, 2.24) is 0 Å². The summed E-state index contributed by atoms with van der Waals surface area (Å²) in [6, 6.07) is 15.5. The Labute approximate surface area is 181 Å². The number of carbonyl (C=O) groups is 1. The molecule has 1 fully saturated rings. The largest absolute Gasteiger partial charge is 0.494 e. The molecule has 1 atom stereocenters. The van der Waals surface area contributed by atoms with Gasteiger partial charge in [-0.3, -0.25) is 4.79 Å². The molecule has 2 aromatic rings. The Morgan fingerprint density at radius 1 is 0.933 bits per heavy atom. The van der Waals surface area contributed by atoms with E-state index in [2.05, 4.69) is 19.2 Å². The van der Waals surface area contributed by atoms with Crippen molar-refractivity contribution in [2.45, 2.75) is 71.3 Å². The van der Waals surface area contributed by atoms with Crippen LogP contribution in [0.4, 0.5) is 5.69 Å². The van der Waals surface area contributed by atoms with E-state index in [4.69, 9.17) is 9.47 Å². The van der Waals surface area contributed by atoms with Gasteiger partial charge in [0, 0.05) is 5.69 Å². The highest BCUT2D eigenvalue weighted by atomic mass is 16.5. The minimum atomic E-state index is -0.582. The average molecular weight is 410 g/mol. The van der Waals surface area contributed by atoms with E-state index in [9.17, 15) is 4.79 Å². The first-order chi connectivity index (χ1) is 14.5. The molecule has 0 heterocycles. The summed E-state index contributed by atoms with van der Waals surface area (Å²) in [4.78, 5) is 12.5. The fourth-order valence-corrected chi connectivity index (χ4v) is 3.89. The molecule has 0 saturated heterocycles. The SMILES string of the molecule is CC(Oc1ccc(C(C)C)cc1)C(=O)Nc1ccc(OCCC2CCCCC2)cc1. The molecule has 162 valence electrons. The van der Waals surface area contributed by atoms with Crippen molar-refractivity contribution in [1.29, 1.82) is 0 Å². The predicted octanol–water partition coefficient (Wildman–Crippen LogP) is 6.57. The van der Waals surface area contributed by atoms with E-state index in [-0.39, 0.29) is 5.91 Å². The number of rotatable bonds is 9. The molecule has 2 aromatic carbocycles. The van der Waals surface area contributed by atoms with Gasteiger partial charge < -0.3 is 14.8 Å². The van der Waals surface area contributed by atoms with Crippen LogP contribution in [0.15, 0.2) is 48.5 Å². The fourth-order valence-electron chi connectivity index (χ4n) is 3.89. The molecule has 0 aromatic heterocycles. The minimum Gasteiger partial charge on any atom is -0.494 e. The van der Waals surface area contributed by atoms with Crippen LogP contribution in [0.2, 0.25) is 0 Å². The Morgan fingerprint density at radius 2 is 1.57 bits per heavy atom. The van der Waals surface area contributed by atoms with E-state index in [0.717, 1.165) is 30.4 Å². The summed E-state index contributed by atoms with van der Waals surface area (Å²) in [5.41, 5.74) is 1.99. The van der Waals surface area contributed by atoms with Crippen LogP contribution in [-0.4, -0.2) is 18.6 Å². The third-order valence-corrected chi connectivity index (χ3v) is 5.87. The summed E-state index contributed by atoms with van der Waals surface area (Å²) in [5, 5.41) is 2.91. The number of hydrogen-bond acceptors (Lipinski definition) is 3. The molecule has 0 radical (unpaired) electrons. The number of nitrogens with one attached hydrogen (secondary N) is 1. The van der Waals surface area contributed by atoms with Gasteiger partial charge in [-0.25, -0.2) is 0 Å². The zero-order chi connectivity index (χ0) is 21.3. The minimum absolute atomic E-state index is 0.172. The van der Waals surface area contributed by atoms with Crippen molar-refractivity contribution in [3.8, 4) is 11.5 Å². The van der Waals surface area contributed by atoms with Crippen molar-refractivity contribution in [2.75, 3.05) is 11.9 Å². The molecule has 3 rings (SSSR count). The monoisotopic (exact) mass is 409 g/mol. The molecule has 30 heavy (non-hydrogen) atoms. The zero-order valence-corrected chi connectivity index (χ0v) is 18.5. The van der Waals surface area contributed by atoms with Crippen LogP contribution in [0.25, 0.3) is 0 Å². The smallest absolute Gasteiger partial charge is 0.265 e. The fraction of sp³-hybridized carbons (Fsp3) is 0.500.